The first-order valence-corrected chi connectivity index (χ1v) is 10.4. The maximum Gasteiger partial charge on any atom is 0.335 e. The molecule has 1 N–H and O–H groups in total. The number of carbonyl (C=O) groups excluding carboxylic acids is 1. The highest BCUT2D eigenvalue weighted by atomic mass is 32.2. The first-order chi connectivity index (χ1) is 14.0. The van der Waals surface area contributed by atoms with E-state index in [2.05, 4.69) is 23.2 Å². The fraction of sp³-hybridized carbons (Fsp3) is 0.0455. The number of carboxylic acids is 1. The topological polar surface area (TPSA) is 70.0 Å². The molecule has 2 aromatic carbocycles. The summed E-state index contributed by atoms with van der Waals surface area (Å²) < 4.78 is 0. The average molecular weight is 421 g/mol. The van der Waals surface area contributed by atoms with Gasteiger partial charge >= 0.3 is 5.97 Å². The third-order valence-corrected chi connectivity index (χ3v) is 6.44. The van der Waals surface area contributed by atoms with Gasteiger partial charge in [-0.1, -0.05) is 30.3 Å². The number of likely N-dealkylation sites (N-methyl/N-ethyl adjacent to an activating group) is 1. The lowest BCUT2D eigenvalue weighted by atomic mass is 10.2. The Balaban J connectivity index is 1.56. The lowest BCUT2D eigenvalue weighted by molar-refractivity contribution is -0.121. The molecule has 0 aliphatic carbocycles. The van der Waals surface area contributed by atoms with E-state index in [1.807, 2.05) is 30.3 Å². The van der Waals surface area contributed by atoms with Crippen LogP contribution >= 0.6 is 23.1 Å². The monoisotopic (exact) mass is 420 g/mol. The highest BCUT2D eigenvalue weighted by Gasteiger charge is 2.30. The molecule has 4 rings (SSSR count). The van der Waals surface area contributed by atoms with E-state index in [0.29, 0.717) is 15.8 Å². The molecule has 1 fully saturated rings. The van der Waals surface area contributed by atoms with Gasteiger partial charge in [0.15, 0.2) is 5.17 Å². The van der Waals surface area contributed by atoms with Gasteiger partial charge in [0, 0.05) is 16.8 Å². The quantitative estimate of drug-likeness (QED) is 0.578. The van der Waals surface area contributed by atoms with Gasteiger partial charge in [0.1, 0.15) is 0 Å². The smallest absolute Gasteiger partial charge is 0.335 e. The van der Waals surface area contributed by atoms with Gasteiger partial charge in [-0.15, -0.1) is 11.3 Å². The predicted molar refractivity (Wildman–Crippen MR) is 119 cm³/mol. The van der Waals surface area contributed by atoms with Gasteiger partial charge in [0.2, 0.25) is 0 Å². The van der Waals surface area contributed by atoms with E-state index in [9.17, 15) is 9.59 Å². The molecule has 0 spiro atoms. The number of amidine groups is 1. The molecular formula is C22H16N2O3S2. The van der Waals surface area contributed by atoms with Crippen LogP contribution in [0, 0.1) is 0 Å². The first-order valence-electron chi connectivity index (χ1n) is 8.76. The van der Waals surface area contributed by atoms with Crippen molar-refractivity contribution in [3.8, 4) is 10.4 Å². The Morgan fingerprint density at radius 2 is 1.76 bits per heavy atom. The van der Waals surface area contributed by atoms with E-state index in [4.69, 9.17) is 5.11 Å². The second-order valence-corrected chi connectivity index (χ2v) is 8.41. The van der Waals surface area contributed by atoms with E-state index in [0.717, 1.165) is 15.3 Å². The van der Waals surface area contributed by atoms with Gasteiger partial charge in [-0.25, -0.2) is 9.79 Å². The first kappa shape index (κ1) is 19.2. The van der Waals surface area contributed by atoms with Gasteiger partial charge in [-0.2, -0.15) is 0 Å². The molecule has 3 aromatic rings. The number of thioether (sulfide) groups is 1. The van der Waals surface area contributed by atoms with Crippen LogP contribution in [0.25, 0.3) is 16.5 Å². The van der Waals surface area contributed by atoms with Crippen molar-refractivity contribution >= 4 is 51.9 Å². The molecule has 29 heavy (non-hydrogen) atoms. The summed E-state index contributed by atoms with van der Waals surface area (Å²) in [5, 5.41) is 9.55. The number of amides is 1. The molecule has 1 amide bonds. The van der Waals surface area contributed by atoms with Gasteiger partial charge < -0.3 is 5.11 Å². The molecule has 0 atom stereocenters. The SMILES string of the molecule is CN1C(=O)/C(=C/c2ccc(-c3ccccc3)s2)SC1=Nc1ccc(C(=O)O)cc1. The van der Waals surface area contributed by atoms with Crippen molar-refractivity contribution in [1.29, 1.82) is 0 Å². The number of rotatable bonds is 4. The minimum absolute atomic E-state index is 0.106. The minimum atomic E-state index is -0.984. The maximum absolute atomic E-state index is 12.6. The lowest BCUT2D eigenvalue weighted by Gasteiger charge is -2.07. The van der Waals surface area contributed by atoms with Crippen LogP contribution in [0.1, 0.15) is 15.2 Å². The molecule has 0 unspecified atom stereocenters. The Morgan fingerprint density at radius 3 is 2.45 bits per heavy atom. The number of hydrogen-bond acceptors (Lipinski definition) is 5. The van der Waals surface area contributed by atoms with Crippen molar-refractivity contribution < 1.29 is 14.7 Å². The van der Waals surface area contributed by atoms with Gasteiger partial charge in [-0.3, -0.25) is 9.69 Å². The zero-order chi connectivity index (χ0) is 20.4. The van der Waals surface area contributed by atoms with Crippen molar-refractivity contribution in [2.75, 3.05) is 7.05 Å². The molecular weight excluding hydrogens is 404 g/mol. The molecule has 1 aliphatic heterocycles. The molecule has 0 bridgehead atoms. The average Bonchev–Trinajstić information content (AvgIpc) is 3.30. The van der Waals surface area contributed by atoms with Crippen LogP contribution in [0.2, 0.25) is 0 Å². The molecule has 1 aromatic heterocycles. The molecule has 1 saturated heterocycles. The van der Waals surface area contributed by atoms with Gasteiger partial charge in [0.05, 0.1) is 16.2 Å². The van der Waals surface area contributed by atoms with Crippen LogP contribution in [-0.4, -0.2) is 34.1 Å². The summed E-state index contributed by atoms with van der Waals surface area (Å²) in [4.78, 5) is 32.3. The molecule has 144 valence electrons. The van der Waals surface area contributed by atoms with Gasteiger partial charge in [-0.05, 0) is 59.8 Å². The Labute approximate surface area is 176 Å². The zero-order valence-corrected chi connectivity index (χ0v) is 17.0. The van der Waals surface area contributed by atoms with Crippen LogP contribution in [0.5, 0.6) is 0 Å². The van der Waals surface area contributed by atoms with Crippen LogP contribution in [0.15, 0.2) is 76.6 Å². The van der Waals surface area contributed by atoms with Crippen molar-refractivity contribution in [2.45, 2.75) is 0 Å². The van der Waals surface area contributed by atoms with E-state index in [-0.39, 0.29) is 11.5 Å². The fourth-order valence-corrected chi connectivity index (χ4v) is 4.77. The van der Waals surface area contributed by atoms with E-state index < -0.39 is 5.97 Å². The normalized spacial score (nSPS) is 16.7. The van der Waals surface area contributed by atoms with Crippen LogP contribution in [0.4, 0.5) is 5.69 Å². The largest absolute Gasteiger partial charge is 0.478 e. The number of thiophene rings is 1. The second kappa shape index (κ2) is 8.06. The van der Waals surface area contributed by atoms with Crippen molar-refractivity contribution in [3.05, 3.63) is 82.1 Å². The fourth-order valence-electron chi connectivity index (χ4n) is 2.76. The number of benzene rings is 2. The molecule has 1 aliphatic rings. The van der Waals surface area contributed by atoms with Crippen molar-refractivity contribution in [2.24, 2.45) is 4.99 Å². The summed E-state index contributed by atoms with van der Waals surface area (Å²) >= 11 is 2.94. The summed E-state index contributed by atoms with van der Waals surface area (Å²) in [7, 11) is 1.68. The number of aliphatic imine (C=N–C) groups is 1. The van der Waals surface area contributed by atoms with E-state index >= 15 is 0 Å². The number of carbonyl (C=O) groups is 2. The van der Waals surface area contributed by atoms with E-state index in [1.54, 1.807) is 30.5 Å². The molecule has 2 heterocycles. The summed E-state index contributed by atoms with van der Waals surface area (Å²) in [5.41, 5.74) is 1.95. The summed E-state index contributed by atoms with van der Waals surface area (Å²) in [6.45, 7) is 0. The molecule has 0 saturated carbocycles. The van der Waals surface area contributed by atoms with Crippen LogP contribution in [0.3, 0.4) is 0 Å². The number of nitrogens with zero attached hydrogens (tertiary/aromatic N) is 2. The van der Waals surface area contributed by atoms with Crippen LogP contribution in [-0.2, 0) is 4.79 Å². The third-order valence-electron chi connectivity index (χ3n) is 4.30. The molecule has 5 nitrogen and oxygen atoms in total. The molecule has 7 heteroatoms. The summed E-state index contributed by atoms with van der Waals surface area (Å²) in [6, 6.07) is 20.4. The van der Waals surface area contributed by atoms with E-state index in [1.165, 1.54) is 28.8 Å². The lowest BCUT2D eigenvalue weighted by Crippen LogP contribution is -2.23. The Bertz CT molecular complexity index is 1130. The highest BCUT2D eigenvalue weighted by molar-refractivity contribution is 8.18. The number of hydrogen-bond donors (Lipinski definition) is 1. The molecule has 0 radical (unpaired) electrons. The number of carboxylic acid groups (broad SMARTS) is 1. The number of aromatic carboxylic acids is 1. The Kier molecular flexibility index (Phi) is 5.33. The van der Waals surface area contributed by atoms with Crippen molar-refractivity contribution in [1.82, 2.24) is 4.90 Å². The summed E-state index contributed by atoms with van der Waals surface area (Å²) in [6.07, 6.45) is 1.89. The standard InChI is InChI=1S/C22H16N2O3S2/c1-24-20(25)19(13-17-11-12-18(28-17)14-5-3-2-4-6-14)29-22(24)23-16-9-7-15(8-10-16)21(26)27/h2-13H,1H3,(H,26,27)/b19-13-,23-22?. The van der Waals surface area contributed by atoms with Gasteiger partial charge in [0.25, 0.3) is 5.91 Å². The van der Waals surface area contributed by atoms with Crippen LogP contribution < -0.4 is 0 Å². The summed E-state index contributed by atoms with van der Waals surface area (Å²) in [5.74, 6) is -1.09. The third kappa shape index (κ3) is 4.16. The Hall–Kier alpha value is -3.16. The predicted octanol–water partition coefficient (Wildman–Crippen LogP) is 5.35. The Morgan fingerprint density at radius 1 is 1.03 bits per heavy atom. The second-order valence-electron chi connectivity index (χ2n) is 6.29. The van der Waals surface area contributed by atoms with Crippen molar-refractivity contribution in [3.63, 3.8) is 0 Å². The minimum Gasteiger partial charge on any atom is -0.478 e. The zero-order valence-electron chi connectivity index (χ0n) is 15.4. The maximum atomic E-state index is 12.6. The highest BCUT2D eigenvalue weighted by Crippen LogP contribution is 2.36.